The van der Waals surface area contributed by atoms with Gasteiger partial charge in [-0.1, -0.05) is 26.7 Å². The van der Waals surface area contributed by atoms with E-state index in [1.807, 2.05) is 20.9 Å². The first-order chi connectivity index (χ1) is 31.4. The van der Waals surface area contributed by atoms with Crippen LogP contribution in [0.2, 0.25) is 0 Å². The van der Waals surface area contributed by atoms with Crippen LogP contribution in [0.3, 0.4) is 0 Å². The van der Waals surface area contributed by atoms with Gasteiger partial charge in [0.15, 0.2) is 0 Å². The van der Waals surface area contributed by atoms with Gasteiger partial charge in [0, 0.05) is 71.5 Å². The van der Waals surface area contributed by atoms with E-state index in [0.29, 0.717) is 132 Å². The molecule has 0 unspecified atom stereocenters. The average molecular weight is 944 g/mol. The smallest absolute Gasteiger partial charge is 0.256 e. The molecule has 354 valence electrons. The first-order valence-electron chi connectivity index (χ1n) is 22.3. The number of benzene rings is 2. The Morgan fingerprint density at radius 1 is 0.606 bits per heavy atom. The molecule has 0 atom stereocenters. The summed E-state index contributed by atoms with van der Waals surface area (Å²) in [6.45, 7) is 14.0. The van der Waals surface area contributed by atoms with E-state index < -0.39 is 20.0 Å². The number of rotatable bonds is 22. The van der Waals surface area contributed by atoms with Gasteiger partial charge in [-0.05, 0) is 133 Å². The number of amides is 4. The quantitative estimate of drug-likeness (QED) is 0.0361. The number of hydrogen-bond acceptors (Lipinski definition) is 9. The number of H-pyrrole nitrogens is 2. The summed E-state index contributed by atoms with van der Waals surface area (Å²) in [5.41, 5.74) is 7.20. The monoisotopic (exact) mass is 943 g/mol. The van der Waals surface area contributed by atoms with Crippen LogP contribution in [0, 0.1) is 27.7 Å². The largest absolute Gasteiger partial charge is 0.358 e. The molecular formula is C47H61N9O8S2. The third-order valence-electron chi connectivity index (χ3n) is 11.8. The molecule has 6 rings (SSSR count). The number of nitrogens with zero attached hydrogens (tertiary/aromatic N) is 1. The number of aryl methyl sites for hydroxylation is 2. The molecule has 0 fully saturated rings. The SMILES string of the molecule is CCCCNS(=O)(=O)c1ccc2c(c1)/C(=C/c1[nH]c(C)c(C(=O)NCCCN(C)CCCNC(=O)c3c(C)[nH]c(/C=C4\C(=O)Nc5ccc(S(=O)(=O)NCCCC)cc54)c3C)c1C)C(=O)N2. The molecule has 0 saturated heterocycles. The van der Waals surface area contributed by atoms with Crippen molar-refractivity contribution in [2.75, 3.05) is 56.9 Å². The second-order valence-electron chi connectivity index (χ2n) is 16.8. The molecule has 2 aliphatic rings. The molecule has 0 bridgehead atoms. The number of carbonyl (C=O) groups excluding carboxylic acids is 4. The van der Waals surface area contributed by atoms with Crippen LogP contribution in [0.1, 0.15) is 118 Å². The third-order valence-corrected chi connectivity index (χ3v) is 14.7. The highest BCUT2D eigenvalue weighted by molar-refractivity contribution is 7.89. The van der Waals surface area contributed by atoms with Crippen molar-refractivity contribution in [3.8, 4) is 0 Å². The lowest BCUT2D eigenvalue weighted by atomic mass is 10.0. The summed E-state index contributed by atoms with van der Waals surface area (Å²) in [6, 6.07) is 9.07. The lowest BCUT2D eigenvalue weighted by Crippen LogP contribution is -2.31. The molecule has 4 heterocycles. The van der Waals surface area contributed by atoms with Crippen molar-refractivity contribution in [1.82, 2.24) is 34.9 Å². The van der Waals surface area contributed by atoms with Crippen LogP contribution in [0.25, 0.3) is 23.3 Å². The van der Waals surface area contributed by atoms with Crippen molar-refractivity contribution in [3.63, 3.8) is 0 Å². The van der Waals surface area contributed by atoms with Crippen LogP contribution < -0.4 is 30.7 Å². The zero-order chi connectivity index (χ0) is 47.9. The zero-order valence-electron chi connectivity index (χ0n) is 38.6. The predicted octanol–water partition coefficient (Wildman–Crippen LogP) is 5.59. The molecule has 4 amide bonds. The van der Waals surface area contributed by atoms with E-state index in [-0.39, 0.29) is 44.6 Å². The fraction of sp³-hybridized carbons (Fsp3) is 0.404. The Morgan fingerprint density at radius 3 is 1.38 bits per heavy atom. The van der Waals surface area contributed by atoms with Gasteiger partial charge in [0.05, 0.1) is 32.1 Å². The number of hydrogen-bond donors (Lipinski definition) is 8. The summed E-state index contributed by atoms with van der Waals surface area (Å²) in [7, 11) is -5.55. The first-order valence-corrected chi connectivity index (χ1v) is 25.3. The van der Waals surface area contributed by atoms with E-state index in [0.717, 1.165) is 12.8 Å². The van der Waals surface area contributed by atoms with Crippen LogP contribution in [-0.2, 0) is 29.6 Å². The minimum atomic E-state index is -3.76. The van der Waals surface area contributed by atoms with Crippen LogP contribution in [0.4, 0.5) is 11.4 Å². The number of aromatic nitrogens is 2. The lowest BCUT2D eigenvalue weighted by Gasteiger charge is -2.17. The van der Waals surface area contributed by atoms with Crippen molar-refractivity contribution in [3.05, 3.63) is 92.6 Å². The summed E-state index contributed by atoms with van der Waals surface area (Å²) in [6.07, 6.45) is 7.75. The predicted molar refractivity (Wildman–Crippen MR) is 258 cm³/mol. The third kappa shape index (κ3) is 11.2. The van der Waals surface area contributed by atoms with Crippen molar-refractivity contribution in [2.24, 2.45) is 0 Å². The second kappa shape index (κ2) is 21.2. The number of aromatic amines is 2. The van der Waals surface area contributed by atoms with Gasteiger partial charge < -0.3 is 36.1 Å². The Balaban J connectivity index is 0.978. The fourth-order valence-electron chi connectivity index (χ4n) is 8.09. The Morgan fingerprint density at radius 2 is 1.00 bits per heavy atom. The van der Waals surface area contributed by atoms with Crippen molar-refractivity contribution in [2.45, 2.75) is 89.9 Å². The van der Waals surface area contributed by atoms with Crippen molar-refractivity contribution < 1.29 is 36.0 Å². The van der Waals surface area contributed by atoms with E-state index in [4.69, 9.17) is 0 Å². The van der Waals surface area contributed by atoms with Crippen LogP contribution in [0.5, 0.6) is 0 Å². The van der Waals surface area contributed by atoms with E-state index >= 15 is 0 Å². The molecule has 2 aliphatic heterocycles. The van der Waals surface area contributed by atoms with Gasteiger partial charge in [0.1, 0.15) is 0 Å². The summed E-state index contributed by atoms with van der Waals surface area (Å²) in [4.78, 5) is 61.5. The maximum Gasteiger partial charge on any atom is 0.256 e. The molecule has 19 heteroatoms. The summed E-state index contributed by atoms with van der Waals surface area (Å²) in [5, 5.41) is 11.6. The van der Waals surface area contributed by atoms with Gasteiger partial charge in [-0.25, -0.2) is 26.3 Å². The number of sulfonamides is 2. The molecule has 2 aromatic carbocycles. The highest BCUT2D eigenvalue weighted by atomic mass is 32.2. The van der Waals surface area contributed by atoms with Gasteiger partial charge in [-0.3, -0.25) is 19.2 Å². The maximum atomic E-state index is 13.4. The average Bonchev–Trinajstić information content (AvgIpc) is 3.95. The molecule has 4 aromatic rings. The van der Waals surface area contributed by atoms with Gasteiger partial charge in [-0.15, -0.1) is 0 Å². The summed E-state index contributed by atoms with van der Waals surface area (Å²) >= 11 is 0. The lowest BCUT2D eigenvalue weighted by molar-refractivity contribution is -0.111. The molecule has 66 heavy (non-hydrogen) atoms. The number of unbranched alkanes of at least 4 members (excludes halogenated alkanes) is 2. The van der Waals surface area contributed by atoms with Crippen LogP contribution in [-0.4, -0.2) is 102 Å². The molecule has 8 N–H and O–H groups in total. The zero-order valence-corrected chi connectivity index (χ0v) is 40.3. The second-order valence-corrected chi connectivity index (χ2v) is 20.3. The highest BCUT2D eigenvalue weighted by Gasteiger charge is 2.30. The topological polar surface area (TPSA) is 244 Å². The van der Waals surface area contributed by atoms with Crippen LogP contribution >= 0.6 is 0 Å². The first kappa shape index (κ1) is 49.6. The Hall–Kier alpha value is -5.86. The van der Waals surface area contributed by atoms with E-state index in [2.05, 4.69) is 45.6 Å². The Labute approximate surface area is 387 Å². The normalized spacial score (nSPS) is 14.8. The Bertz CT molecular complexity index is 2630. The fourth-order valence-corrected chi connectivity index (χ4v) is 10.3. The van der Waals surface area contributed by atoms with E-state index in [1.165, 1.54) is 24.3 Å². The van der Waals surface area contributed by atoms with Gasteiger partial charge >= 0.3 is 0 Å². The highest BCUT2D eigenvalue weighted by Crippen LogP contribution is 2.37. The van der Waals surface area contributed by atoms with Crippen LogP contribution in [0.15, 0.2) is 46.2 Å². The van der Waals surface area contributed by atoms with Crippen molar-refractivity contribution >= 4 is 78.3 Å². The molecule has 2 aromatic heterocycles. The van der Waals surface area contributed by atoms with E-state index in [9.17, 15) is 36.0 Å². The molecule has 0 saturated carbocycles. The Kier molecular flexibility index (Phi) is 15.9. The van der Waals surface area contributed by atoms with Gasteiger partial charge in [0.25, 0.3) is 23.6 Å². The van der Waals surface area contributed by atoms with Gasteiger partial charge in [0.2, 0.25) is 20.0 Å². The minimum absolute atomic E-state index is 0.0645. The molecule has 17 nitrogen and oxygen atoms in total. The van der Waals surface area contributed by atoms with Gasteiger partial charge in [-0.2, -0.15) is 0 Å². The number of carbonyl (C=O) groups is 4. The summed E-state index contributed by atoms with van der Waals surface area (Å²) in [5.74, 6) is -1.24. The number of nitrogens with one attached hydrogen (secondary N) is 8. The van der Waals surface area contributed by atoms with Crippen molar-refractivity contribution in [1.29, 1.82) is 0 Å². The molecule has 0 radical (unpaired) electrons. The standard InChI is InChI=1S/C47H61N9O8S2/c1-8-10-20-50-65(61,62)32-14-16-38-34(24-32)36(44(57)54-38)26-40-28(3)42(30(5)52-40)46(59)48-18-12-22-56(7)23-13-19-49-47(60)43-29(4)41(53-31(43)6)27-37-35-25-33(15-17-39(35)55-45(37)58)66(63,64)51-21-11-9-2/h14-17,24-27,50-53H,8-13,18-23H2,1-7H3,(H,48,59)(H,49,60)(H,54,57)(H,55,58)/b36-26-,37-27-. The number of anilines is 2. The minimum Gasteiger partial charge on any atom is -0.358 e. The summed E-state index contributed by atoms with van der Waals surface area (Å²) < 4.78 is 56.8. The van der Waals surface area contributed by atoms with E-state index in [1.54, 1.807) is 52.0 Å². The maximum absolute atomic E-state index is 13.4. The number of fused-ring (bicyclic) bond motifs is 2. The molecule has 0 aliphatic carbocycles. The molecular weight excluding hydrogens is 883 g/mol. The molecule has 0 spiro atoms.